The molecule has 3 aliphatic rings. The van der Waals surface area contributed by atoms with E-state index >= 15 is 0 Å². The van der Waals surface area contributed by atoms with Gasteiger partial charge in [-0.1, -0.05) is 6.42 Å². The first-order valence-electron chi connectivity index (χ1n) is 7.28. The molecule has 102 valence electrons. The highest BCUT2D eigenvalue weighted by Crippen LogP contribution is 2.47. The lowest BCUT2D eigenvalue weighted by Crippen LogP contribution is -2.56. The maximum atomic E-state index is 11.8. The van der Waals surface area contributed by atoms with Crippen molar-refractivity contribution >= 4 is 5.97 Å². The molecule has 1 atom stereocenters. The predicted molar refractivity (Wildman–Crippen MR) is 69.3 cm³/mol. The smallest absolute Gasteiger partial charge is 0.313 e. The summed E-state index contributed by atoms with van der Waals surface area (Å²) in [4.78, 5) is 16.9. The Morgan fingerprint density at radius 3 is 2.83 bits per heavy atom. The highest BCUT2D eigenvalue weighted by Gasteiger charge is 2.52. The van der Waals surface area contributed by atoms with Crippen LogP contribution >= 0.6 is 0 Å². The van der Waals surface area contributed by atoms with Crippen molar-refractivity contribution in [3.05, 3.63) is 0 Å². The average molecular weight is 252 g/mol. The van der Waals surface area contributed by atoms with Crippen LogP contribution in [-0.4, -0.2) is 61.6 Å². The molecule has 1 saturated carbocycles. The molecule has 0 N–H and O–H groups in total. The monoisotopic (exact) mass is 252 g/mol. The molecule has 0 aromatic heterocycles. The van der Waals surface area contributed by atoms with Crippen LogP contribution in [-0.2, 0) is 9.53 Å². The minimum atomic E-state index is -0.147. The number of nitrogens with zero attached hydrogens (tertiary/aromatic N) is 2. The van der Waals surface area contributed by atoms with Crippen LogP contribution in [0, 0.1) is 5.41 Å². The fourth-order valence-corrected chi connectivity index (χ4v) is 3.59. The molecule has 18 heavy (non-hydrogen) atoms. The lowest BCUT2D eigenvalue weighted by molar-refractivity contribution is -0.148. The zero-order valence-corrected chi connectivity index (χ0v) is 11.4. The minimum Gasteiger partial charge on any atom is -0.469 e. The van der Waals surface area contributed by atoms with Crippen molar-refractivity contribution in [1.29, 1.82) is 0 Å². The maximum Gasteiger partial charge on any atom is 0.313 e. The standard InChI is InChI=1S/C14H24N2O2/c1-18-13(17)14(5-6-14)11-15-8-9-16-7-3-2-4-12(16)10-15/h12H,2-11H2,1H3. The Balaban J connectivity index is 1.56. The molecule has 3 fully saturated rings. The van der Waals surface area contributed by atoms with Crippen molar-refractivity contribution < 1.29 is 9.53 Å². The number of ether oxygens (including phenoxy) is 1. The molecule has 1 aliphatic carbocycles. The third-order valence-electron chi connectivity index (χ3n) is 4.92. The predicted octanol–water partition coefficient (Wildman–Crippen LogP) is 1.11. The molecule has 3 rings (SSSR count). The lowest BCUT2D eigenvalue weighted by Gasteiger charge is -2.44. The van der Waals surface area contributed by atoms with E-state index in [1.54, 1.807) is 0 Å². The Labute approximate surface area is 109 Å². The van der Waals surface area contributed by atoms with E-state index in [2.05, 4.69) is 9.80 Å². The van der Waals surface area contributed by atoms with Crippen molar-refractivity contribution in [2.24, 2.45) is 5.41 Å². The molecule has 4 nitrogen and oxygen atoms in total. The summed E-state index contributed by atoms with van der Waals surface area (Å²) in [5.41, 5.74) is -0.147. The summed E-state index contributed by atoms with van der Waals surface area (Å²) >= 11 is 0. The molecule has 2 heterocycles. The van der Waals surface area contributed by atoms with Crippen molar-refractivity contribution in [3.8, 4) is 0 Å². The number of fused-ring (bicyclic) bond motifs is 1. The zero-order chi connectivity index (χ0) is 12.6. The van der Waals surface area contributed by atoms with Crippen LogP contribution in [0.4, 0.5) is 0 Å². The SMILES string of the molecule is COC(=O)C1(CN2CCN3CCCCC3C2)CC1. The Kier molecular flexibility index (Phi) is 3.32. The van der Waals surface area contributed by atoms with Crippen molar-refractivity contribution in [3.63, 3.8) is 0 Å². The summed E-state index contributed by atoms with van der Waals surface area (Å²) in [5.74, 6) is 0.00794. The van der Waals surface area contributed by atoms with E-state index in [0.717, 1.165) is 38.5 Å². The Morgan fingerprint density at radius 2 is 2.11 bits per heavy atom. The summed E-state index contributed by atoms with van der Waals surface area (Å²) in [5, 5.41) is 0. The Bertz CT molecular complexity index is 328. The van der Waals surface area contributed by atoms with Gasteiger partial charge in [-0.2, -0.15) is 0 Å². The van der Waals surface area contributed by atoms with Gasteiger partial charge in [0, 0.05) is 32.2 Å². The van der Waals surface area contributed by atoms with Crippen molar-refractivity contribution in [1.82, 2.24) is 9.80 Å². The number of esters is 1. The van der Waals surface area contributed by atoms with Crippen molar-refractivity contribution in [2.45, 2.75) is 38.1 Å². The van der Waals surface area contributed by atoms with Crippen LogP contribution in [0.2, 0.25) is 0 Å². The summed E-state index contributed by atoms with van der Waals surface area (Å²) in [7, 11) is 1.52. The first kappa shape index (κ1) is 12.4. The molecular weight excluding hydrogens is 228 g/mol. The van der Waals surface area contributed by atoms with Gasteiger partial charge in [0.15, 0.2) is 0 Å². The van der Waals surface area contributed by atoms with Gasteiger partial charge < -0.3 is 4.74 Å². The van der Waals surface area contributed by atoms with Crippen LogP contribution < -0.4 is 0 Å². The summed E-state index contributed by atoms with van der Waals surface area (Å²) in [6.07, 6.45) is 6.11. The molecule has 0 radical (unpaired) electrons. The molecule has 0 amide bonds. The maximum absolute atomic E-state index is 11.8. The second-order valence-corrected chi connectivity index (χ2v) is 6.19. The van der Waals surface area contributed by atoms with Crippen LogP contribution in [0.3, 0.4) is 0 Å². The van der Waals surface area contributed by atoms with E-state index in [9.17, 15) is 4.79 Å². The van der Waals surface area contributed by atoms with E-state index in [1.807, 2.05) is 0 Å². The summed E-state index contributed by atoms with van der Waals surface area (Å²) < 4.78 is 4.95. The van der Waals surface area contributed by atoms with Crippen molar-refractivity contribution in [2.75, 3.05) is 39.8 Å². The van der Waals surface area contributed by atoms with Crippen LogP contribution in [0.1, 0.15) is 32.1 Å². The molecule has 0 spiro atoms. The van der Waals surface area contributed by atoms with Gasteiger partial charge in [-0.05, 0) is 32.2 Å². The number of hydrogen-bond acceptors (Lipinski definition) is 4. The van der Waals surface area contributed by atoms with Gasteiger partial charge in [0.05, 0.1) is 12.5 Å². The van der Waals surface area contributed by atoms with Gasteiger partial charge in [-0.3, -0.25) is 14.6 Å². The van der Waals surface area contributed by atoms with Gasteiger partial charge >= 0.3 is 5.97 Å². The zero-order valence-electron chi connectivity index (χ0n) is 11.4. The molecule has 4 heteroatoms. The molecule has 2 aliphatic heterocycles. The van der Waals surface area contributed by atoms with Crippen LogP contribution in [0.15, 0.2) is 0 Å². The van der Waals surface area contributed by atoms with Crippen LogP contribution in [0.25, 0.3) is 0 Å². The van der Waals surface area contributed by atoms with Gasteiger partial charge in [-0.15, -0.1) is 0 Å². The molecule has 0 aromatic carbocycles. The summed E-state index contributed by atoms with van der Waals surface area (Å²) in [6, 6.07) is 0.737. The average Bonchev–Trinajstić information content (AvgIpc) is 3.18. The third-order valence-corrected chi connectivity index (χ3v) is 4.92. The number of methoxy groups -OCH3 is 1. The molecule has 2 saturated heterocycles. The van der Waals surface area contributed by atoms with E-state index in [1.165, 1.54) is 39.5 Å². The van der Waals surface area contributed by atoms with Gasteiger partial charge in [0.1, 0.15) is 0 Å². The van der Waals surface area contributed by atoms with Gasteiger partial charge in [-0.25, -0.2) is 0 Å². The van der Waals surface area contributed by atoms with E-state index in [0.29, 0.717) is 0 Å². The van der Waals surface area contributed by atoms with Crippen LogP contribution in [0.5, 0.6) is 0 Å². The number of piperazine rings is 1. The van der Waals surface area contributed by atoms with E-state index < -0.39 is 0 Å². The fourth-order valence-electron chi connectivity index (χ4n) is 3.59. The van der Waals surface area contributed by atoms with Gasteiger partial charge in [0.25, 0.3) is 0 Å². The van der Waals surface area contributed by atoms with Gasteiger partial charge in [0.2, 0.25) is 0 Å². The molecular formula is C14H24N2O2. The lowest BCUT2D eigenvalue weighted by atomic mass is 9.98. The third kappa shape index (κ3) is 2.28. The first-order valence-corrected chi connectivity index (χ1v) is 7.28. The Morgan fingerprint density at radius 1 is 1.28 bits per heavy atom. The summed E-state index contributed by atoms with van der Waals surface area (Å²) in [6.45, 7) is 5.65. The highest BCUT2D eigenvalue weighted by molar-refractivity contribution is 5.80. The second kappa shape index (κ2) is 4.82. The quantitative estimate of drug-likeness (QED) is 0.705. The number of hydrogen-bond donors (Lipinski definition) is 0. The van der Waals surface area contributed by atoms with E-state index in [-0.39, 0.29) is 11.4 Å². The number of piperidine rings is 1. The molecule has 0 bridgehead atoms. The first-order chi connectivity index (χ1) is 8.73. The Hall–Kier alpha value is -0.610. The minimum absolute atomic E-state index is 0.00794. The fraction of sp³-hybridized carbons (Fsp3) is 0.929. The number of rotatable bonds is 3. The second-order valence-electron chi connectivity index (χ2n) is 6.19. The largest absolute Gasteiger partial charge is 0.469 e. The topological polar surface area (TPSA) is 32.8 Å². The highest BCUT2D eigenvalue weighted by atomic mass is 16.5. The number of carbonyl (C=O) groups excluding carboxylic acids is 1. The molecule has 0 aromatic rings. The van der Waals surface area contributed by atoms with E-state index in [4.69, 9.17) is 4.74 Å². The molecule has 1 unspecified atom stereocenters. The number of carbonyl (C=O) groups is 1. The normalized spacial score (nSPS) is 31.7.